The Morgan fingerprint density at radius 1 is 1.42 bits per heavy atom. The number of carbonyl (C=O) groups excluding carboxylic acids is 1. The van der Waals surface area contributed by atoms with Gasteiger partial charge in [-0.1, -0.05) is 31.5 Å². The van der Waals surface area contributed by atoms with E-state index in [1.165, 1.54) is 12.1 Å². The van der Waals surface area contributed by atoms with Gasteiger partial charge in [0.15, 0.2) is 0 Å². The first-order valence-electron chi connectivity index (χ1n) is 5.80. The average Bonchev–Trinajstić information content (AvgIpc) is 2.27. The van der Waals surface area contributed by atoms with Gasteiger partial charge in [0.25, 0.3) is 5.91 Å². The number of hydrogen-bond acceptors (Lipinski definition) is 2. The van der Waals surface area contributed by atoms with Crippen LogP contribution >= 0.6 is 11.6 Å². The number of rotatable bonds is 5. The van der Waals surface area contributed by atoms with Crippen LogP contribution in [0.25, 0.3) is 0 Å². The molecule has 104 valence electrons. The standard InChI is InChI=1S/C13H15ClFNO3/c1-7(2)6-10(13(18)19)16-12(17)11-8(14)4-3-5-9(11)15/h3-5,7,10H,6H2,1-2H3,(H,16,17)(H,18,19). The summed E-state index contributed by atoms with van der Waals surface area (Å²) < 4.78 is 13.5. The molecule has 4 nitrogen and oxygen atoms in total. The van der Waals surface area contributed by atoms with Gasteiger partial charge in [-0.3, -0.25) is 4.79 Å². The molecule has 0 saturated carbocycles. The molecule has 0 aliphatic carbocycles. The monoisotopic (exact) mass is 287 g/mol. The summed E-state index contributed by atoms with van der Waals surface area (Å²) in [6, 6.07) is 2.77. The third-order valence-corrected chi connectivity index (χ3v) is 2.82. The van der Waals surface area contributed by atoms with E-state index in [0.29, 0.717) is 0 Å². The first kappa shape index (κ1) is 15.4. The summed E-state index contributed by atoms with van der Waals surface area (Å²) >= 11 is 5.74. The highest BCUT2D eigenvalue weighted by atomic mass is 35.5. The largest absolute Gasteiger partial charge is 0.480 e. The summed E-state index contributed by atoms with van der Waals surface area (Å²) in [7, 11) is 0. The zero-order valence-corrected chi connectivity index (χ0v) is 11.4. The molecule has 0 aliphatic rings. The van der Waals surface area contributed by atoms with Crippen molar-refractivity contribution < 1.29 is 19.1 Å². The molecule has 1 rings (SSSR count). The van der Waals surface area contributed by atoms with Crippen LogP contribution in [0.15, 0.2) is 18.2 Å². The Kier molecular flexibility index (Phi) is 5.30. The van der Waals surface area contributed by atoms with E-state index in [-0.39, 0.29) is 22.9 Å². The number of aliphatic carboxylic acids is 1. The number of benzene rings is 1. The minimum atomic E-state index is -1.16. The van der Waals surface area contributed by atoms with Crippen LogP contribution in [0.1, 0.15) is 30.6 Å². The Hall–Kier alpha value is -1.62. The fourth-order valence-electron chi connectivity index (χ4n) is 1.64. The van der Waals surface area contributed by atoms with Crippen molar-refractivity contribution in [2.24, 2.45) is 5.92 Å². The second-order valence-electron chi connectivity index (χ2n) is 4.59. The number of carboxylic acids is 1. The van der Waals surface area contributed by atoms with Crippen LogP contribution in [0.4, 0.5) is 4.39 Å². The van der Waals surface area contributed by atoms with Crippen molar-refractivity contribution in [1.82, 2.24) is 5.32 Å². The first-order valence-corrected chi connectivity index (χ1v) is 6.18. The molecule has 0 aromatic heterocycles. The normalized spacial score (nSPS) is 12.3. The third-order valence-electron chi connectivity index (χ3n) is 2.50. The number of amides is 1. The molecule has 19 heavy (non-hydrogen) atoms. The second kappa shape index (κ2) is 6.52. The van der Waals surface area contributed by atoms with Crippen molar-refractivity contribution in [2.45, 2.75) is 26.3 Å². The zero-order valence-electron chi connectivity index (χ0n) is 10.6. The predicted molar refractivity (Wildman–Crippen MR) is 69.8 cm³/mol. The Morgan fingerprint density at radius 2 is 2.05 bits per heavy atom. The van der Waals surface area contributed by atoms with Gasteiger partial charge in [0, 0.05) is 0 Å². The van der Waals surface area contributed by atoms with Crippen molar-refractivity contribution in [1.29, 1.82) is 0 Å². The van der Waals surface area contributed by atoms with Gasteiger partial charge in [0.1, 0.15) is 11.9 Å². The van der Waals surface area contributed by atoms with Crippen LogP contribution < -0.4 is 5.32 Å². The van der Waals surface area contributed by atoms with Crippen LogP contribution in [-0.4, -0.2) is 23.0 Å². The van der Waals surface area contributed by atoms with E-state index in [2.05, 4.69) is 5.32 Å². The highest BCUT2D eigenvalue weighted by Gasteiger charge is 2.24. The molecule has 0 spiro atoms. The van der Waals surface area contributed by atoms with Crippen LogP contribution in [-0.2, 0) is 4.79 Å². The summed E-state index contributed by atoms with van der Waals surface area (Å²) in [6.45, 7) is 3.66. The number of halogens is 2. The molecule has 1 aromatic carbocycles. The maximum atomic E-state index is 13.5. The van der Waals surface area contributed by atoms with Gasteiger partial charge in [0.05, 0.1) is 10.6 Å². The van der Waals surface area contributed by atoms with E-state index in [0.717, 1.165) is 6.07 Å². The van der Waals surface area contributed by atoms with Crippen molar-refractivity contribution in [2.75, 3.05) is 0 Å². The van der Waals surface area contributed by atoms with E-state index in [1.54, 1.807) is 0 Å². The van der Waals surface area contributed by atoms with Crippen molar-refractivity contribution in [3.63, 3.8) is 0 Å². The van der Waals surface area contributed by atoms with Gasteiger partial charge >= 0.3 is 5.97 Å². The topological polar surface area (TPSA) is 66.4 Å². The zero-order chi connectivity index (χ0) is 14.6. The average molecular weight is 288 g/mol. The summed E-state index contributed by atoms with van der Waals surface area (Å²) in [6.07, 6.45) is 0.257. The SMILES string of the molecule is CC(C)CC(NC(=O)c1c(F)cccc1Cl)C(=O)O. The molecule has 1 unspecified atom stereocenters. The number of carboxylic acid groups (broad SMARTS) is 1. The Morgan fingerprint density at radius 3 is 2.53 bits per heavy atom. The van der Waals surface area contributed by atoms with Gasteiger partial charge in [-0.2, -0.15) is 0 Å². The lowest BCUT2D eigenvalue weighted by atomic mass is 10.0. The molecule has 0 heterocycles. The summed E-state index contributed by atoms with van der Waals surface area (Å²) in [5, 5.41) is 11.2. The van der Waals surface area contributed by atoms with Crippen LogP contribution in [0, 0.1) is 11.7 Å². The van der Waals surface area contributed by atoms with E-state index >= 15 is 0 Å². The van der Waals surface area contributed by atoms with E-state index in [1.807, 2.05) is 13.8 Å². The van der Waals surface area contributed by atoms with E-state index in [9.17, 15) is 14.0 Å². The minimum Gasteiger partial charge on any atom is -0.480 e. The minimum absolute atomic E-state index is 0.0498. The van der Waals surface area contributed by atoms with Crippen molar-refractivity contribution in [3.05, 3.63) is 34.6 Å². The van der Waals surface area contributed by atoms with E-state index < -0.39 is 23.7 Å². The molecule has 1 atom stereocenters. The van der Waals surface area contributed by atoms with Gasteiger partial charge in [-0.05, 0) is 24.5 Å². The number of hydrogen-bond donors (Lipinski definition) is 2. The summed E-state index contributed by atoms with van der Waals surface area (Å²) in [4.78, 5) is 22.9. The van der Waals surface area contributed by atoms with E-state index in [4.69, 9.17) is 16.7 Å². The van der Waals surface area contributed by atoms with Crippen LogP contribution in [0.2, 0.25) is 5.02 Å². The molecule has 0 bridgehead atoms. The molecule has 0 aliphatic heterocycles. The number of carbonyl (C=O) groups is 2. The third kappa shape index (κ3) is 4.21. The van der Waals surface area contributed by atoms with Gasteiger partial charge < -0.3 is 10.4 Å². The lowest BCUT2D eigenvalue weighted by Crippen LogP contribution is -2.42. The highest BCUT2D eigenvalue weighted by molar-refractivity contribution is 6.33. The van der Waals surface area contributed by atoms with Crippen LogP contribution in [0.3, 0.4) is 0 Å². The summed E-state index contributed by atoms with van der Waals surface area (Å²) in [5.74, 6) is -2.68. The fourth-order valence-corrected chi connectivity index (χ4v) is 1.89. The molecule has 2 N–H and O–H groups in total. The molecular formula is C13H15ClFNO3. The molecule has 0 saturated heterocycles. The summed E-state index contributed by atoms with van der Waals surface area (Å²) in [5.41, 5.74) is -0.334. The lowest BCUT2D eigenvalue weighted by molar-refractivity contribution is -0.139. The van der Waals surface area contributed by atoms with Gasteiger partial charge in [0.2, 0.25) is 0 Å². The van der Waals surface area contributed by atoms with Crippen molar-refractivity contribution in [3.8, 4) is 0 Å². The molecule has 1 amide bonds. The first-order chi connectivity index (χ1) is 8.82. The van der Waals surface area contributed by atoms with Gasteiger partial charge in [-0.15, -0.1) is 0 Å². The number of nitrogens with one attached hydrogen (secondary N) is 1. The smallest absolute Gasteiger partial charge is 0.326 e. The fraction of sp³-hybridized carbons (Fsp3) is 0.385. The molecule has 0 fully saturated rings. The maximum Gasteiger partial charge on any atom is 0.326 e. The molecule has 1 aromatic rings. The molecular weight excluding hydrogens is 273 g/mol. The van der Waals surface area contributed by atoms with Crippen molar-refractivity contribution >= 4 is 23.5 Å². The molecule has 0 radical (unpaired) electrons. The second-order valence-corrected chi connectivity index (χ2v) is 5.00. The molecule has 6 heteroatoms. The quantitative estimate of drug-likeness (QED) is 0.875. The van der Waals surface area contributed by atoms with Crippen LogP contribution in [0.5, 0.6) is 0 Å². The predicted octanol–water partition coefficient (Wildman–Crippen LogP) is 2.71. The lowest BCUT2D eigenvalue weighted by Gasteiger charge is -2.17. The Balaban J connectivity index is 2.91. The Labute approximate surface area is 115 Å². The maximum absolute atomic E-state index is 13.5. The Bertz CT molecular complexity index is 471. The van der Waals surface area contributed by atoms with Gasteiger partial charge in [-0.25, -0.2) is 9.18 Å². The highest BCUT2D eigenvalue weighted by Crippen LogP contribution is 2.19.